The van der Waals surface area contributed by atoms with Crippen molar-refractivity contribution >= 4 is 17.6 Å². The minimum absolute atomic E-state index is 0.00994. The Kier molecular flexibility index (Phi) is 5.18. The van der Waals surface area contributed by atoms with Gasteiger partial charge >= 0.3 is 0 Å². The van der Waals surface area contributed by atoms with E-state index in [-0.39, 0.29) is 17.9 Å². The number of piperidine rings is 1. The molecule has 0 bridgehead atoms. The second kappa shape index (κ2) is 7.34. The first-order chi connectivity index (χ1) is 11.5. The summed E-state index contributed by atoms with van der Waals surface area (Å²) in [6, 6.07) is 2.33. The summed E-state index contributed by atoms with van der Waals surface area (Å²) in [7, 11) is 0. The number of aromatic nitrogens is 2. The number of anilines is 1. The van der Waals surface area contributed by atoms with E-state index < -0.39 is 0 Å². The van der Waals surface area contributed by atoms with Crippen LogP contribution < -0.4 is 10.6 Å². The molecular weight excluding hydrogens is 306 g/mol. The van der Waals surface area contributed by atoms with E-state index in [2.05, 4.69) is 27.6 Å². The minimum atomic E-state index is -0.0248. The van der Waals surface area contributed by atoms with Crippen LogP contribution in [-0.4, -0.2) is 52.2 Å². The molecule has 2 amide bonds. The molecule has 7 heteroatoms. The zero-order chi connectivity index (χ0) is 17.1. The van der Waals surface area contributed by atoms with Crippen LogP contribution in [0.3, 0.4) is 0 Å². The predicted octanol–water partition coefficient (Wildman–Crippen LogP) is 1.39. The highest BCUT2D eigenvalue weighted by Crippen LogP contribution is 2.40. The Hall–Kier alpha value is -1.89. The Bertz CT molecular complexity index is 596. The third-order valence-electron chi connectivity index (χ3n) is 4.91. The van der Waals surface area contributed by atoms with Crippen molar-refractivity contribution < 1.29 is 9.59 Å². The molecule has 1 saturated heterocycles. The number of carbonyl (C=O) groups excluding carboxylic acids is 2. The van der Waals surface area contributed by atoms with E-state index in [0.717, 1.165) is 31.7 Å². The van der Waals surface area contributed by atoms with Gasteiger partial charge in [0.2, 0.25) is 11.8 Å². The molecule has 1 aromatic heterocycles. The molecule has 0 spiro atoms. The summed E-state index contributed by atoms with van der Waals surface area (Å²) >= 11 is 0. The molecule has 3 rings (SSSR count). The lowest BCUT2D eigenvalue weighted by atomic mass is 10.1. The maximum absolute atomic E-state index is 12.4. The van der Waals surface area contributed by atoms with E-state index in [1.165, 1.54) is 19.8 Å². The van der Waals surface area contributed by atoms with Crippen LogP contribution in [0.1, 0.15) is 45.6 Å². The van der Waals surface area contributed by atoms with Crippen molar-refractivity contribution in [2.24, 2.45) is 5.92 Å². The molecule has 1 aromatic rings. The number of amides is 2. The molecule has 1 saturated carbocycles. The third-order valence-corrected chi connectivity index (χ3v) is 4.91. The van der Waals surface area contributed by atoms with Crippen LogP contribution in [-0.2, 0) is 9.59 Å². The highest BCUT2D eigenvalue weighted by Gasteiger charge is 2.31. The molecule has 2 aliphatic rings. The number of nitrogens with zero attached hydrogens (tertiary/aromatic N) is 3. The first kappa shape index (κ1) is 17.0. The smallest absolute Gasteiger partial charge is 0.239 e. The van der Waals surface area contributed by atoms with Gasteiger partial charge in [-0.15, -0.1) is 0 Å². The monoisotopic (exact) mass is 333 g/mol. The lowest BCUT2D eigenvalue weighted by Crippen LogP contribution is -2.49. The minimum Gasteiger partial charge on any atom is -0.352 e. The number of carbonyl (C=O) groups is 2. The van der Waals surface area contributed by atoms with Gasteiger partial charge in [-0.2, -0.15) is 5.10 Å². The maximum atomic E-state index is 12.4. The maximum Gasteiger partial charge on any atom is 0.239 e. The molecule has 2 atom stereocenters. The van der Waals surface area contributed by atoms with Gasteiger partial charge in [0.1, 0.15) is 5.82 Å². The Morgan fingerprint density at radius 3 is 2.88 bits per heavy atom. The van der Waals surface area contributed by atoms with E-state index in [4.69, 9.17) is 0 Å². The summed E-state index contributed by atoms with van der Waals surface area (Å²) in [5.41, 5.74) is 0. The van der Waals surface area contributed by atoms with Crippen molar-refractivity contribution in [2.75, 3.05) is 25.0 Å². The van der Waals surface area contributed by atoms with Crippen molar-refractivity contribution in [3.05, 3.63) is 12.3 Å². The molecule has 132 valence electrons. The summed E-state index contributed by atoms with van der Waals surface area (Å²) in [6.07, 6.45) is 6.19. The zero-order valence-electron chi connectivity index (χ0n) is 14.5. The van der Waals surface area contributed by atoms with Crippen molar-refractivity contribution in [2.45, 2.75) is 51.6 Å². The SMILES string of the molecule is CC(=O)NC1CCCN(CC(=O)Nc2ccnn2C(C)C2CC2)C1. The van der Waals surface area contributed by atoms with Crippen LogP contribution in [0.5, 0.6) is 0 Å². The Morgan fingerprint density at radius 2 is 2.17 bits per heavy atom. The molecule has 2 heterocycles. The topological polar surface area (TPSA) is 79.3 Å². The van der Waals surface area contributed by atoms with E-state index in [1.54, 1.807) is 6.20 Å². The van der Waals surface area contributed by atoms with E-state index in [0.29, 0.717) is 18.5 Å². The van der Waals surface area contributed by atoms with Gasteiger partial charge in [-0.3, -0.25) is 14.5 Å². The van der Waals surface area contributed by atoms with Gasteiger partial charge in [-0.05, 0) is 45.1 Å². The summed E-state index contributed by atoms with van der Waals surface area (Å²) < 4.78 is 1.92. The molecule has 0 aromatic carbocycles. The number of nitrogens with one attached hydrogen (secondary N) is 2. The van der Waals surface area contributed by atoms with E-state index in [9.17, 15) is 9.59 Å². The average molecular weight is 333 g/mol. The van der Waals surface area contributed by atoms with Gasteiger partial charge in [0, 0.05) is 25.6 Å². The van der Waals surface area contributed by atoms with Gasteiger partial charge in [-0.25, -0.2) is 4.68 Å². The lowest BCUT2D eigenvalue weighted by Gasteiger charge is -2.32. The quantitative estimate of drug-likeness (QED) is 0.825. The Labute approximate surface area is 142 Å². The fourth-order valence-corrected chi connectivity index (χ4v) is 3.51. The van der Waals surface area contributed by atoms with Crippen LogP contribution in [0.4, 0.5) is 5.82 Å². The molecule has 24 heavy (non-hydrogen) atoms. The summed E-state index contributed by atoms with van der Waals surface area (Å²) in [6.45, 7) is 5.65. The first-order valence-electron chi connectivity index (χ1n) is 8.85. The largest absolute Gasteiger partial charge is 0.352 e. The molecular formula is C17H27N5O2. The summed E-state index contributed by atoms with van der Waals surface area (Å²) in [5, 5.41) is 10.3. The van der Waals surface area contributed by atoms with E-state index in [1.807, 2.05) is 10.7 Å². The van der Waals surface area contributed by atoms with Gasteiger partial charge in [-0.1, -0.05) is 0 Å². The zero-order valence-corrected chi connectivity index (χ0v) is 14.5. The van der Waals surface area contributed by atoms with Crippen LogP contribution >= 0.6 is 0 Å². The number of likely N-dealkylation sites (tertiary alicyclic amines) is 1. The molecule has 2 fully saturated rings. The third kappa shape index (κ3) is 4.35. The summed E-state index contributed by atoms with van der Waals surface area (Å²) in [4.78, 5) is 25.7. The molecule has 2 N–H and O–H groups in total. The fourth-order valence-electron chi connectivity index (χ4n) is 3.51. The first-order valence-corrected chi connectivity index (χ1v) is 8.85. The van der Waals surface area contributed by atoms with Crippen LogP contribution in [0, 0.1) is 5.92 Å². The second-order valence-electron chi connectivity index (χ2n) is 7.06. The second-order valence-corrected chi connectivity index (χ2v) is 7.06. The Balaban J connectivity index is 1.52. The normalized spacial score (nSPS) is 22.8. The molecule has 2 unspecified atom stereocenters. The molecule has 0 radical (unpaired) electrons. The van der Waals surface area contributed by atoms with Crippen molar-refractivity contribution in [1.82, 2.24) is 20.0 Å². The molecule has 7 nitrogen and oxygen atoms in total. The van der Waals surface area contributed by atoms with Gasteiger partial charge < -0.3 is 10.6 Å². The standard InChI is InChI=1S/C17H27N5O2/c1-12(14-5-6-14)22-16(7-8-18-22)20-17(24)11-21-9-3-4-15(10-21)19-13(2)23/h7-8,12,14-15H,3-6,9-11H2,1-2H3,(H,19,23)(H,20,24). The molecule has 1 aliphatic heterocycles. The number of hydrogen-bond acceptors (Lipinski definition) is 4. The lowest BCUT2D eigenvalue weighted by molar-refractivity contribution is -0.120. The number of rotatable bonds is 6. The van der Waals surface area contributed by atoms with Gasteiger partial charge in [0.05, 0.1) is 18.8 Å². The van der Waals surface area contributed by atoms with Crippen LogP contribution in [0.15, 0.2) is 12.3 Å². The van der Waals surface area contributed by atoms with Crippen LogP contribution in [0.25, 0.3) is 0 Å². The van der Waals surface area contributed by atoms with Crippen molar-refractivity contribution in [3.8, 4) is 0 Å². The Morgan fingerprint density at radius 1 is 1.38 bits per heavy atom. The van der Waals surface area contributed by atoms with Crippen molar-refractivity contribution in [1.29, 1.82) is 0 Å². The molecule has 1 aliphatic carbocycles. The van der Waals surface area contributed by atoms with Crippen molar-refractivity contribution in [3.63, 3.8) is 0 Å². The average Bonchev–Trinajstić information content (AvgIpc) is 3.26. The number of hydrogen-bond donors (Lipinski definition) is 2. The fraction of sp³-hybridized carbons (Fsp3) is 0.706. The van der Waals surface area contributed by atoms with Gasteiger partial charge in [0.25, 0.3) is 0 Å². The summed E-state index contributed by atoms with van der Waals surface area (Å²) in [5.74, 6) is 1.42. The highest BCUT2D eigenvalue weighted by molar-refractivity contribution is 5.91. The predicted molar refractivity (Wildman–Crippen MR) is 91.6 cm³/mol. The van der Waals surface area contributed by atoms with E-state index >= 15 is 0 Å². The highest BCUT2D eigenvalue weighted by atomic mass is 16.2. The van der Waals surface area contributed by atoms with Gasteiger partial charge in [0.15, 0.2) is 0 Å². The van der Waals surface area contributed by atoms with Crippen LogP contribution in [0.2, 0.25) is 0 Å².